The van der Waals surface area contributed by atoms with Crippen molar-refractivity contribution in [3.63, 3.8) is 0 Å². The summed E-state index contributed by atoms with van der Waals surface area (Å²) in [6.45, 7) is 3.20. The van der Waals surface area contributed by atoms with Gasteiger partial charge in [0.05, 0.1) is 19.8 Å². The van der Waals surface area contributed by atoms with Gasteiger partial charge in [-0.25, -0.2) is 10.2 Å². The Kier molecular flexibility index (Phi) is 6.49. The molecular weight excluding hydrogens is 388 g/mol. The number of amides is 1. The number of hydrazone groups is 1. The molecule has 0 aliphatic carbocycles. The van der Waals surface area contributed by atoms with Crippen LogP contribution in [0.1, 0.15) is 24.8 Å². The van der Waals surface area contributed by atoms with Gasteiger partial charge >= 0.3 is 17.9 Å². The van der Waals surface area contributed by atoms with Crippen LogP contribution >= 0.6 is 0 Å². The lowest BCUT2D eigenvalue weighted by Gasteiger charge is -2.23. The molecule has 3 atom stereocenters. The Morgan fingerprint density at radius 1 is 1.30 bits per heavy atom. The van der Waals surface area contributed by atoms with Crippen molar-refractivity contribution in [3.8, 4) is 0 Å². The van der Waals surface area contributed by atoms with Crippen molar-refractivity contribution in [2.24, 2.45) is 0 Å². The third-order valence-electron chi connectivity index (χ3n) is 5.63. The van der Waals surface area contributed by atoms with Crippen LogP contribution in [0.15, 0.2) is 30.3 Å². The molecule has 3 fully saturated rings. The number of nitrogens with one attached hydrogen (secondary N) is 2. The Balaban J connectivity index is 1.46. The summed E-state index contributed by atoms with van der Waals surface area (Å²) in [4.78, 5) is 26.5. The number of hydrogen-bond donors (Lipinski definition) is 2. The summed E-state index contributed by atoms with van der Waals surface area (Å²) in [6.07, 6.45) is 1.87. The highest BCUT2D eigenvalue weighted by molar-refractivity contribution is 6.10. The van der Waals surface area contributed by atoms with Gasteiger partial charge in [-0.2, -0.15) is 9.48 Å². The first-order valence-corrected chi connectivity index (χ1v) is 10.5. The Bertz CT molecular complexity index is 794. The molecule has 3 aliphatic rings. The monoisotopic (exact) mass is 417 g/mol. The van der Waals surface area contributed by atoms with Crippen LogP contribution in [0.25, 0.3) is 0 Å². The number of carbonyl (C=O) groups is 2. The van der Waals surface area contributed by atoms with Crippen molar-refractivity contribution < 1.29 is 28.5 Å². The molecule has 9 heteroatoms. The first-order valence-electron chi connectivity index (χ1n) is 10.5. The maximum absolute atomic E-state index is 12.8. The molecule has 1 aromatic rings. The van der Waals surface area contributed by atoms with Gasteiger partial charge in [-0.3, -0.25) is 0 Å². The fourth-order valence-corrected chi connectivity index (χ4v) is 4.04. The number of rotatable bonds is 5. The zero-order valence-electron chi connectivity index (χ0n) is 17.2. The molecular formula is C21H29N4O5+. The normalized spacial score (nSPS) is 28.4. The number of hydrazine groups is 1. The molecule has 0 aromatic heterocycles. The second-order valence-corrected chi connectivity index (χ2v) is 7.72. The van der Waals surface area contributed by atoms with Crippen molar-refractivity contribution in [3.05, 3.63) is 35.9 Å². The van der Waals surface area contributed by atoms with Crippen molar-refractivity contribution in [2.75, 3.05) is 33.4 Å². The predicted molar refractivity (Wildman–Crippen MR) is 108 cm³/mol. The Labute approximate surface area is 175 Å². The van der Waals surface area contributed by atoms with Gasteiger partial charge in [0.2, 0.25) is 6.04 Å². The van der Waals surface area contributed by atoms with Gasteiger partial charge in [0.1, 0.15) is 13.2 Å². The number of morpholine rings is 1. The van der Waals surface area contributed by atoms with Crippen LogP contribution in [0.4, 0.5) is 4.79 Å². The molecule has 3 saturated heterocycles. The molecule has 9 nitrogen and oxygen atoms in total. The number of ether oxygens (including phenoxy) is 3. The molecule has 4 rings (SSSR count). The summed E-state index contributed by atoms with van der Waals surface area (Å²) < 4.78 is 18.2. The summed E-state index contributed by atoms with van der Waals surface area (Å²) in [5.41, 5.74) is 4.15. The smallest absolute Gasteiger partial charge is 0.467 e. The van der Waals surface area contributed by atoms with Gasteiger partial charge in [0.25, 0.3) is 0 Å². The maximum atomic E-state index is 12.8. The number of methoxy groups -OCH3 is 1. The van der Waals surface area contributed by atoms with Gasteiger partial charge in [0, 0.05) is 19.5 Å². The zero-order chi connectivity index (χ0) is 20.9. The van der Waals surface area contributed by atoms with Gasteiger partial charge in [-0.1, -0.05) is 30.3 Å². The lowest BCUT2D eigenvalue weighted by atomic mass is 10.1. The first-order chi connectivity index (χ1) is 14.7. The van der Waals surface area contributed by atoms with Gasteiger partial charge in [0.15, 0.2) is 6.04 Å². The van der Waals surface area contributed by atoms with Crippen LogP contribution in [-0.4, -0.2) is 79.0 Å². The lowest BCUT2D eigenvalue weighted by molar-refractivity contribution is -0.600. The Morgan fingerprint density at radius 2 is 2.13 bits per heavy atom. The average molecular weight is 417 g/mol. The summed E-state index contributed by atoms with van der Waals surface area (Å²) in [6, 6.07) is 9.08. The minimum Gasteiger partial charge on any atom is -0.467 e. The van der Waals surface area contributed by atoms with E-state index in [1.807, 2.05) is 35.0 Å². The van der Waals surface area contributed by atoms with E-state index in [-0.39, 0.29) is 30.8 Å². The number of esters is 1. The minimum atomic E-state index is -0.410. The second-order valence-electron chi connectivity index (χ2n) is 7.72. The van der Waals surface area contributed by atoms with Gasteiger partial charge in [-0.15, -0.1) is 4.90 Å². The van der Waals surface area contributed by atoms with E-state index in [9.17, 15) is 9.59 Å². The fraction of sp³-hybridized carbons (Fsp3) is 0.571. The van der Waals surface area contributed by atoms with Crippen LogP contribution in [0.2, 0.25) is 0 Å². The molecule has 162 valence electrons. The summed E-state index contributed by atoms with van der Waals surface area (Å²) in [5, 5.41) is 3.32. The molecule has 3 aliphatic heterocycles. The molecule has 1 aromatic carbocycles. The molecule has 1 amide bonds. The van der Waals surface area contributed by atoms with Crippen LogP contribution in [0.5, 0.6) is 0 Å². The van der Waals surface area contributed by atoms with E-state index in [1.54, 1.807) is 4.90 Å². The molecule has 3 unspecified atom stereocenters. The van der Waals surface area contributed by atoms with Crippen molar-refractivity contribution in [1.82, 2.24) is 15.6 Å². The molecule has 0 radical (unpaired) electrons. The van der Waals surface area contributed by atoms with E-state index in [0.29, 0.717) is 26.0 Å². The van der Waals surface area contributed by atoms with Crippen LogP contribution in [0, 0.1) is 0 Å². The fourth-order valence-electron chi connectivity index (χ4n) is 4.04. The van der Waals surface area contributed by atoms with Crippen molar-refractivity contribution in [2.45, 2.75) is 44.1 Å². The summed E-state index contributed by atoms with van der Waals surface area (Å²) in [5.74, 6) is 0.534. The minimum absolute atomic E-state index is 0.0341. The van der Waals surface area contributed by atoms with Crippen LogP contribution in [0.3, 0.4) is 0 Å². The number of hydrogen-bond acceptors (Lipinski definition) is 7. The van der Waals surface area contributed by atoms with E-state index >= 15 is 0 Å². The van der Waals surface area contributed by atoms with E-state index < -0.39 is 6.04 Å². The number of nitrogens with zero attached hydrogens (tertiary/aromatic N) is 2. The quantitative estimate of drug-likeness (QED) is 0.413. The maximum Gasteiger partial charge on any atom is 0.508 e. The summed E-state index contributed by atoms with van der Waals surface area (Å²) >= 11 is 0. The Hall–Kier alpha value is -2.65. The molecule has 0 spiro atoms. The number of amidine groups is 1. The second kappa shape index (κ2) is 9.44. The molecule has 30 heavy (non-hydrogen) atoms. The largest absolute Gasteiger partial charge is 0.508 e. The van der Waals surface area contributed by atoms with Crippen LogP contribution < -0.4 is 10.7 Å². The third-order valence-corrected chi connectivity index (χ3v) is 5.63. The van der Waals surface area contributed by atoms with E-state index in [0.717, 1.165) is 30.9 Å². The zero-order valence-corrected chi connectivity index (χ0v) is 17.2. The molecule has 2 N–H and O–H groups in total. The third kappa shape index (κ3) is 4.73. The topological polar surface area (TPSA) is 91.9 Å². The Morgan fingerprint density at radius 3 is 2.87 bits per heavy atom. The van der Waals surface area contributed by atoms with E-state index in [1.165, 1.54) is 7.11 Å². The molecule has 3 heterocycles. The SMILES string of the molecule is COC(=O)C1CCC/[N+](=C2/C(CC3CNCCO3)N2C(=O)OCc2ccccc2)N1. The van der Waals surface area contributed by atoms with Crippen molar-refractivity contribution >= 4 is 17.9 Å². The predicted octanol–water partition coefficient (Wildman–Crippen LogP) is 0.637. The lowest BCUT2D eigenvalue weighted by Crippen LogP contribution is -2.49. The van der Waals surface area contributed by atoms with E-state index in [4.69, 9.17) is 14.2 Å². The first kappa shape index (κ1) is 20.6. The standard InChI is InChI=1S/C21H29N4O5/c1-28-20(26)17-8-5-10-24(23-17)19-18(12-16-13-22-9-11-29-16)25(19)21(27)30-14-15-6-3-2-4-7-15/h2-4,6-7,16-18,22-23H,5,8-14H2,1H3/q+1. The molecule has 0 bridgehead atoms. The average Bonchev–Trinajstić information content (AvgIpc) is 3.52. The highest BCUT2D eigenvalue weighted by Crippen LogP contribution is 2.29. The number of benzene rings is 1. The highest BCUT2D eigenvalue weighted by atomic mass is 16.6. The van der Waals surface area contributed by atoms with Crippen molar-refractivity contribution in [1.29, 1.82) is 0 Å². The van der Waals surface area contributed by atoms with Gasteiger partial charge < -0.3 is 19.5 Å². The summed E-state index contributed by atoms with van der Waals surface area (Å²) in [7, 11) is 1.39. The van der Waals surface area contributed by atoms with Crippen LogP contribution in [-0.2, 0) is 25.6 Å². The highest BCUT2D eigenvalue weighted by Gasteiger charge is 2.62. The number of carbonyl (C=O) groups excluding carboxylic acids is 2. The van der Waals surface area contributed by atoms with Gasteiger partial charge in [-0.05, 0) is 18.4 Å². The molecule has 0 saturated carbocycles. The van der Waals surface area contributed by atoms with E-state index in [2.05, 4.69) is 10.7 Å².